The molecule has 1 aliphatic rings. The standard InChI is InChI=1S/C21H26N4O3.CH4O4S/c1-25(2,3)10-6-9-24-14-11-15(28-4)19(23)18-17(14)21(27)16-12(20(18)26)7-5-8-13(16)22;1-5-6(2,3)4/h5,7-8,11H,6,9-10H2,1-4H3,(H4-,22,23,24,26,27);1H3,(H,2,3,4). The molecule has 0 amide bonds. The zero-order valence-electron chi connectivity index (χ0n) is 19.8. The molecule has 0 heterocycles. The first-order valence-electron chi connectivity index (χ1n) is 10.3. The van der Waals surface area contributed by atoms with E-state index in [1.165, 1.54) is 7.11 Å². The number of fused-ring (bicyclic) bond motifs is 2. The van der Waals surface area contributed by atoms with Gasteiger partial charge < -0.3 is 30.6 Å². The molecule has 186 valence electrons. The zero-order chi connectivity index (χ0) is 25.8. The van der Waals surface area contributed by atoms with Crippen molar-refractivity contribution in [2.75, 3.05) is 65.2 Å². The van der Waals surface area contributed by atoms with E-state index in [0.717, 1.165) is 24.6 Å². The maximum absolute atomic E-state index is 13.3. The van der Waals surface area contributed by atoms with Crippen LogP contribution in [0.25, 0.3) is 0 Å². The van der Waals surface area contributed by atoms with Crippen LogP contribution >= 0.6 is 0 Å². The molecule has 0 fully saturated rings. The van der Waals surface area contributed by atoms with Crippen LogP contribution < -0.4 is 21.5 Å². The Bertz CT molecular complexity index is 1200. The number of nitrogen functional groups attached to an aromatic ring is 2. The molecule has 0 saturated carbocycles. The number of nitrogens with zero attached hydrogens (tertiary/aromatic N) is 1. The number of nitrogens with two attached hydrogens (primary N) is 2. The van der Waals surface area contributed by atoms with Gasteiger partial charge in [0.25, 0.3) is 0 Å². The normalized spacial score (nSPS) is 12.9. The van der Waals surface area contributed by atoms with Crippen molar-refractivity contribution in [3.63, 3.8) is 0 Å². The Kier molecular flexibility index (Phi) is 8.26. The third-order valence-corrected chi connectivity index (χ3v) is 5.51. The highest BCUT2D eigenvalue weighted by Crippen LogP contribution is 2.41. The van der Waals surface area contributed by atoms with E-state index in [2.05, 4.69) is 30.6 Å². The average Bonchev–Trinajstić information content (AvgIpc) is 2.74. The summed E-state index contributed by atoms with van der Waals surface area (Å²) in [5, 5.41) is 3.29. The number of benzene rings is 2. The highest BCUT2D eigenvalue weighted by Gasteiger charge is 2.36. The van der Waals surface area contributed by atoms with E-state index in [-0.39, 0.29) is 45.2 Å². The van der Waals surface area contributed by atoms with Gasteiger partial charge in [-0.1, -0.05) is 12.1 Å². The van der Waals surface area contributed by atoms with E-state index < -0.39 is 10.4 Å². The Balaban J connectivity index is 0.000000604. The van der Waals surface area contributed by atoms with Gasteiger partial charge in [0.15, 0.2) is 11.6 Å². The fraction of sp³-hybridized carbons (Fsp3) is 0.364. The number of ketones is 2. The lowest BCUT2D eigenvalue weighted by Crippen LogP contribution is -2.36. The summed E-state index contributed by atoms with van der Waals surface area (Å²) in [6.45, 7) is 1.61. The van der Waals surface area contributed by atoms with E-state index >= 15 is 0 Å². The van der Waals surface area contributed by atoms with Gasteiger partial charge in [-0.15, -0.1) is 0 Å². The van der Waals surface area contributed by atoms with Crippen LogP contribution in [0.15, 0.2) is 24.3 Å². The van der Waals surface area contributed by atoms with Gasteiger partial charge in [0.1, 0.15) is 5.75 Å². The summed E-state index contributed by atoms with van der Waals surface area (Å²) in [6, 6.07) is 6.55. The van der Waals surface area contributed by atoms with Crippen LogP contribution in [0, 0.1) is 0 Å². The van der Waals surface area contributed by atoms with Crippen molar-refractivity contribution >= 4 is 39.0 Å². The molecular formula is C22H30N4O7S. The number of anilines is 3. The molecule has 0 radical (unpaired) electrons. The number of quaternary nitrogens is 1. The smallest absolute Gasteiger partial charge is 0.217 e. The molecule has 2 aromatic rings. The molecule has 0 saturated heterocycles. The summed E-state index contributed by atoms with van der Waals surface area (Å²) in [6.07, 6.45) is 0.895. The first kappa shape index (κ1) is 27.1. The number of carbonyl (C=O) groups excluding carboxylic acids is 2. The second-order valence-electron chi connectivity index (χ2n) is 8.59. The molecule has 0 aromatic heterocycles. The molecule has 12 heteroatoms. The molecule has 34 heavy (non-hydrogen) atoms. The molecule has 0 unspecified atom stereocenters. The van der Waals surface area contributed by atoms with Crippen LogP contribution in [0.5, 0.6) is 5.75 Å². The minimum Gasteiger partial charge on any atom is -0.726 e. The first-order chi connectivity index (χ1) is 15.7. The lowest BCUT2D eigenvalue weighted by molar-refractivity contribution is -0.870. The topological polar surface area (TPSA) is 174 Å². The molecule has 1 aliphatic carbocycles. The maximum atomic E-state index is 13.3. The molecule has 0 spiro atoms. The van der Waals surface area contributed by atoms with Crippen molar-refractivity contribution in [3.05, 3.63) is 46.5 Å². The van der Waals surface area contributed by atoms with Crippen molar-refractivity contribution < 1.29 is 36.0 Å². The SMILES string of the molecule is COS(=O)(=O)[O-].COc1cc(NCCC[N+](C)(C)C)c2c(c1N)C(=O)c1cccc(N)c1C2=O. The third-order valence-electron chi connectivity index (χ3n) is 5.10. The Morgan fingerprint density at radius 1 is 1.03 bits per heavy atom. The zero-order valence-corrected chi connectivity index (χ0v) is 20.6. The molecule has 5 N–H and O–H groups in total. The fourth-order valence-electron chi connectivity index (χ4n) is 3.50. The van der Waals surface area contributed by atoms with Gasteiger partial charge in [0, 0.05) is 36.0 Å². The minimum absolute atomic E-state index is 0.167. The highest BCUT2D eigenvalue weighted by molar-refractivity contribution is 7.80. The van der Waals surface area contributed by atoms with E-state index in [9.17, 15) is 22.6 Å². The summed E-state index contributed by atoms with van der Waals surface area (Å²) in [4.78, 5) is 26.4. The van der Waals surface area contributed by atoms with Gasteiger partial charge in [0.2, 0.25) is 10.4 Å². The van der Waals surface area contributed by atoms with Crippen molar-refractivity contribution in [2.45, 2.75) is 6.42 Å². The van der Waals surface area contributed by atoms with E-state index in [4.69, 9.17) is 16.2 Å². The van der Waals surface area contributed by atoms with E-state index in [1.54, 1.807) is 24.3 Å². The first-order valence-corrected chi connectivity index (χ1v) is 11.6. The highest BCUT2D eigenvalue weighted by atomic mass is 32.3. The molecule has 11 nitrogen and oxygen atoms in total. The van der Waals surface area contributed by atoms with Crippen LogP contribution in [0.3, 0.4) is 0 Å². The van der Waals surface area contributed by atoms with Crippen molar-refractivity contribution in [3.8, 4) is 5.75 Å². The minimum atomic E-state index is -4.41. The van der Waals surface area contributed by atoms with Crippen molar-refractivity contribution in [1.29, 1.82) is 0 Å². The average molecular weight is 495 g/mol. The second kappa shape index (κ2) is 10.4. The lowest BCUT2D eigenvalue weighted by atomic mass is 9.81. The number of nitrogens with one attached hydrogen (secondary N) is 1. The Morgan fingerprint density at radius 2 is 1.65 bits per heavy atom. The van der Waals surface area contributed by atoms with E-state index in [1.807, 2.05) is 0 Å². The summed E-state index contributed by atoms with van der Waals surface area (Å²) >= 11 is 0. The van der Waals surface area contributed by atoms with Crippen LogP contribution in [0.1, 0.15) is 38.3 Å². The Labute approximate surface area is 199 Å². The molecule has 0 aliphatic heterocycles. The van der Waals surface area contributed by atoms with Crippen LogP contribution in [-0.4, -0.2) is 77.5 Å². The van der Waals surface area contributed by atoms with Gasteiger partial charge >= 0.3 is 0 Å². The van der Waals surface area contributed by atoms with Crippen LogP contribution in [-0.2, 0) is 14.6 Å². The number of hydrogen-bond acceptors (Lipinski definition) is 10. The second-order valence-corrected chi connectivity index (χ2v) is 9.74. The lowest BCUT2D eigenvalue weighted by Gasteiger charge is -2.26. The van der Waals surface area contributed by atoms with Gasteiger partial charge in [-0.3, -0.25) is 13.8 Å². The summed E-state index contributed by atoms with van der Waals surface area (Å²) in [5.74, 6) is -0.254. The van der Waals surface area contributed by atoms with Gasteiger partial charge in [-0.05, 0) is 6.07 Å². The molecular weight excluding hydrogens is 464 g/mol. The quantitative estimate of drug-likeness (QED) is 0.142. The number of methoxy groups -OCH3 is 1. The van der Waals surface area contributed by atoms with Gasteiger partial charge in [0.05, 0.1) is 64.3 Å². The van der Waals surface area contributed by atoms with Gasteiger partial charge in [-0.25, -0.2) is 8.42 Å². The Morgan fingerprint density at radius 3 is 2.18 bits per heavy atom. The van der Waals surface area contributed by atoms with Crippen LogP contribution in [0.4, 0.5) is 17.1 Å². The molecule has 0 atom stereocenters. The maximum Gasteiger partial charge on any atom is 0.217 e. The monoisotopic (exact) mass is 494 g/mol. The molecule has 2 aromatic carbocycles. The summed E-state index contributed by atoms with van der Waals surface area (Å²) in [7, 11) is 4.25. The van der Waals surface area contributed by atoms with Crippen LogP contribution in [0.2, 0.25) is 0 Å². The Hall–Kier alpha value is -3.19. The number of hydrogen-bond donors (Lipinski definition) is 3. The number of ether oxygens (including phenoxy) is 1. The van der Waals surface area contributed by atoms with Crippen molar-refractivity contribution in [2.24, 2.45) is 0 Å². The summed E-state index contributed by atoms with van der Waals surface area (Å²) < 4.78 is 37.2. The predicted octanol–water partition coefficient (Wildman–Crippen LogP) is 1.24. The van der Waals surface area contributed by atoms with Gasteiger partial charge in [-0.2, -0.15) is 0 Å². The van der Waals surface area contributed by atoms with E-state index in [0.29, 0.717) is 18.0 Å². The largest absolute Gasteiger partial charge is 0.726 e. The predicted molar refractivity (Wildman–Crippen MR) is 128 cm³/mol. The summed E-state index contributed by atoms with van der Waals surface area (Å²) in [5.41, 5.74) is 14.1. The molecule has 3 rings (SSSR count). The van der Waals surface area contributed by atoms with Crippen molar-refractivity contribution in [1.82, 2.24) is 0 Å². The number of carbonyl (C=O) groups is 2. The fourth-order valence-corrected chi connectivity index (χ4v) is 3.50. The third kappa shape index (κ3) is 6.23. The molecule has 0 bridgehead atoms. The number of rotatable bonds is 7.